The van der Waals surface area contributed by atoms with E-state index in [1.54, 1.807) is 0 Å². The molecule has 0 aliphatic carbocycles. The average Bonchev–Trinajstić information content (AvgIpc) is 2.15. The number of sulfone groups is 1. The van der Waals surface area contributed by atoms with Crippen molar-refractivity contribution in [1.29, 1.82) is 0 Å². The van der Waals surface area contributed by atoms with Crippen LogP contribution in [-0.2, 0) is 15.6 Å². The van der Waals surface area contributed by atoms with Gasteiger partial charge in [0.25, 0.3) is 0 Å². The summed E-state index contributed by atoms with van der Waals surface area (Å²) in [6, 6.07) is 9.32. The molecule has 0 fully saturated rings. The van der Waals surface area contributed by atoms with Crippen LogP contribution in [0.1, 0.15) is 5.56 Å². The quantitative estimate of drug-likeness (QED) is 0.459. The molecule has 0 radical (unpaired) electrons. The molecule has 0 aliphatic rings. The minimum atomic E-state index is -2.98. The summed E-state index contributed by atoms with van der Waals surface area (Å²) in [6.07, 6.45) is 0. The number of hydrogen-bond acceptors (Lipinski definition) is 2. The molecule has 0 N–H and O–H groups in total. The van der Waals surface area contributed by atoms with Crippen molar-refractivity contribution in [3.05, 3.63) is 35.9 Å². The molecular formula is C12H20INO2S. The Hall–Kier alpha value is -0.140. The topological polar surface area (TPSA) is 34.1 Å². The third-order valence-electron chi connectivity index (χ3n) is 2.30. The Morgan fingerprint density at radius 1 is 1.06 bits per heavy atom. The second kappa shape index (κ2) is 6.70. The third kappa shape index (κ3) is 7.72. The number of hydrogen-bond donors (Lipinski definition) is 0. The fourth-order valence-corrected chi connectivity index (χ4v) is 2.98. The van der Waals surface area contributed by atoms with Gasteiger partial charge in [-0.3, -0.25) is 0 Å². The first-order chi connectivity index (χ1) is 7.29. The van der Waals surface area contributed by atoms with Crippen molar-refractivity contribution in [2.45, 2.75) is 5.75 Å². The van der Waals surface area contributed by atoms with Crippen molar-refractivity contribution in [3.63, 3.8) is 0 Å². The van der Waals surface area contributed by atoms with Gasteiger partial charge in [0.15, 0.2) is 9.84 Å². The standard InChI is InChI=1S/C12H20NO2S.HI/c1-13(2,3)9-10-16(14,15)11-12-7-5-4-6-8-12;/h4-8H,9-11H2,1-3H3;1H/q+1;/p-1. The zero-order chi connectivity index (χ0) is 12.2. The molecule has 98 valence electrons. The first-order valence-corrected chi connectivity index (χ1v) is 7.15. The zero-order valence-corrected chi connectivity index (χ0v) is 13.5. The zero-order valence-electron chi connectivity index (χ0n) is 10.6. The van der Waals surface area contributed by atoms with Crippen LogP contribution in [0.4, 0.5) is 0 Å². The van der Waals surface area contributed by atoms with Crippen LogP contribution in [0.3, 0.4) is 0 Å². The predicted molar refractivity (Wildman–Crippen MR) is 66.8 cm³/mol. The molecule has 0 saturated heterocycles. The van der Waals surface area contributed by atoms with Crippen LogP contribution in [-0.4, -0.2) is 46.3 Å². The number of quaternary nitrogens is 1. The molecule has 1 aromatic rings. The van der Waals surface area contributed by atoms with Crippen LogP contribution < -0.4 is 24.0 Å². The maximum absolute atomic E-state index is 11.8. The summed E-state index contributed by atoms with van der Waals surface area (Å²) in [7, 11) is 3.01. The van der Waals surface area contributed by atoms with Crippen LogP contribution in [0.2, 0.25) is 0 Å². The van der Waals surface area contributed by atoms with Crippen molar-refractivity contribution in [1.82, 2.24) is 0 Å². The van der Waals surface area contributed by atoms with Gasteiger partial charge in [-0.25, -0.2) is 8.42 Å². The maximum Gasteiger partial charge on any atom is 0.159 e. The van der Waals surface area contributed by atoms with Crippen LogP contribution in [0.5, 0.6) is 0 Å². The van der Waals surface area contributed by atoms with Gasteiger partial charge in [0, 0.05) is 0 Å². The second-order valence-corrected chi connectivity index (χ2v) is 7.28. The molecule has 1 rings (SSSR count). The highest BCUT2D eigenvalue weighted by Gasteiger charge is 2.17. The number of nitrogens with zero attached hydrogens (tertiary/aromatic N) is 1. The Bertz CT molecular complexity index is 424. The van der Waals surface area contributed by atoms with E-state index in [9.17, 15) is 8.42 Å². The van der Waals surface area contributed by atoms with Crippen LogP contribution >= 0.6 is 0 Å². The van der Waals surface area contributed by atoms with E-state index in [0.717, 1.165) is 5.56 Å². The molecule has 1 aromatic carbocycles. The fourth-order valence-electron chi connectivity index (χ4n) is 1.31. The molecule has 0 amide bonds. The lowest BCUT2D eigenvalue weighted by Crippen LogP contribution is -3.00. The van der Waals surface area contributed by atoms with E-state index in [1.165, 1.54) is 0 Å². The summed E-state index contributed by atoms with van der Waals surface area (Å²) >= 11 is 0. The number of benzene rings is 1. The summed E-state index contributed by atoms with van der Waals surface area (Å²) in [5, 5.41) is 0. The lowest BCUT2D eigenvalue weighted by molar-refractivity contribution is -0.867. The van der Waals surface area contributed by atoms with E-state index in [0.29, 0.717) is 11.0 Å². The SMILES string of the molecule is C[N+](C)(C)CCS(=O)(=O)Cc1ccccc1.[I-]. The van der Waals surface area contributed by atoms with Gasteiger partial charge < -0.3 is 28.5 Å². The van der Waals surface area contributed by atoms with Crippen LogP contribution in [0, 0.1) is 0 Å². The van der Waals surface area contributed by atoms with Gasteiger partial charge in [-0.2, -0.15) is 0 Å². The van der Waals surface area contributed by atoms with Gasteiger partial charge >= 0.3 is 0 Å². The highest BCUT2D eigenvalue weighted by molar-refractivity contribution is 7.90. The molecule has 0 saturated carbocycles. The number of halogens is 1. The first kappa shape index (κ1) is 16.9. The molecule has 0 spiro atoms. The van der Waals surface area contributed by atoms with Gasteiger partial charge in [-0.05, 0) is 5.56 Å². The molecule has 3 nitrogen and oxygen atoms in total. The Kier molecular flexibility index (Phi) is 6.65. The van der Waals surface area contributed by atoms with Crippen molar-refractivity contribution >= 4 is 9.84 Å². The lowest BCUT2D eigenvalue weighted by Gasteiger charge is -2.23. The van der Waals surface area contributed by atoms with Gasteiger partial charge in [-0.15, -0.1) is 0 Å². The van der Waals surface area contributed by atoms with E-state index >= 15 is 0 Å². The van der Waals surface area contributed by atoms with Crippen LogP contribution in [0.25, 0.3) is 0 Å². The maximum atomic E-state index is 11.8. The minimum Gasteiger partial charge on any atom is -1.00 e. The van der Waals surface area contributed by atoms with E-state index in [4.69, 9.17) is 0 Å². The summed E-state index contributed by atoms with van der Waals surface area (Å²) in [6.45, 7) is 0.648. The fraction of sp³-hybridized carbons (Fsp3) is 0.500. The largest absolute Gasteiger partial charge is 1.00 e. The summed E-state index contributed by atoms with van der Waals surface area (Å²) < 4.78 is 24.3. The number of rotatable bonds is 5. The van der Waals surface area contributed by atoms with Crippen molar-refractivity contribution in [3.8, 4) is 0 Å². The van der Waals surface area contributed by atoms with Crippen molar-refractivity contribution < 1.29 is 36.9 Å². The predicted octanol–water partition coefficient (Wildman–Crippen LogP) is -1.69. The lowest BCUT2D eigenvalue weighted by atomic mass is 10.2. The Morgan fingerprint density at radius 2 is 1.59 bits per heavy atom. The Balaban J connectivity index is 0.00000256. The van der Waals surface area contributed by atoms with Gasteiger partial charge in [0.1, 0.15) is 0 Å². The minimum absolute atomic E-state index is 0. The smallest absolute Gasteiger partial charge is 0.159 e. The second-order valence-electron chi connectivity index (χ2n) is 5.09. The van der Waals surface area contributed by atoms with Crippen molar-refractivity contribution in [2.24, 2.45) is 0 Å². The normalized spacial score (nSPS) is 11.9. The van der Waals surface area contributed by atoms with E-state index in [2.05, 4.69) is 0 Å². The van der Waals surface area contributed by atoms with Crippen molar-refractivity contribution in [2.75, 3.05) is 33.4 Å². The Morgan fingerprint density at radius 3 is 2.06 bits per heavy atom. The highest BCUT2D eigenvalue weighted by atomic mass is 127. The Labute approximate surface area is 121 Å². The molecule has 0 aliphatic heterocycles. The molecule has 0 heterocycles. The van der Waals surface area contributed by atoms with E-state index in [-0.39, 0.29) is 35.5 Å². The molecule has 5 heteroatoms. The van der Waals surface area contributed by atoms with Gasteiger partial charge in [0.05, 0.1) is 39.2 Å². The third-order valence-corrected chi connectivity index (χ3v) is 3.88. The van der Waals surface area contributed by atoms with Gasteiger partial charge in [-0.1, -0.05) is 30.3 Å². The van der Waals surface area contributed by atoms with Crippen LogP contribution in [0.15, 0.2) is 30.3 Å². The first-order valence-electron chi connectivity index (χ1n) is 5.33. The van der Waals surface area contributed by atoms with E-state index < -0.39 is 9.84 Å². The van der Waals surface area contributed by atoms with Gasteiger partial charge in [0.2, 0.25) is 0 Å². The molecule has 0 aromatic heterocycles. The van der Waals surface area contributed by atoms with E-state index in [1.807, 2.05) is 51.5 Å². The molecular weight excluding hydrogens is 349 g/mol. The summed E-state index contributed by atoms with van der Waals surface area (Å²) in [4.78, 5) is 0. The molecule has 0 bridgehead atoms. The average molecular weight is 369 g/mol. The summed E-state index contributed by atoms with van der Waals surface area (Å²) in [5.41, 5.74) is 0.865. The highest BCUT2D eigenvalue weighted by Crippen LogP contribution is 2.07. The molecule has 17 heavy (non-hydrogen) atoms. The molecule has 0 atom stereocenters. The molecule has 0 unspecified atom stereocenters. The summed E-state index contributed by atoms with van der Waals surface area (Å²) in [5.74, 6) is 0.388. The monoisotopic (exact) mass is 369 g/mol.